The minimum absolute atomic E-state index is 0. The Labute approximate surface area is 147 Å². The summed E-state index contributed by atoms with van der Waals surface area (Å²) in [5.74, 6) is 0. The Morgan fingerprint density at radius 2 is 0.545 bits per heavy atom. The molecule has 0 saturated heterocycles. The topological polar surface area (TPSA) is 0 Å². The zero-order valence-electron chi connectivity index (χ0n) is 13.2. The Balaban J connectivity index is 0.0000000960. The molecule has 0 aromatic carbocycles. The second-order valence-electron chi connectivity index (χ2n) is 6.98. The van der Waals surface area contributed by atoms with Crippen molar-refractivity contribution in [2.75, 3.05) is 0 Å². The molecule has 3 fully saturated rings. The summed E-state index contributed by atoms with van der Waals surface area (Å²) in [7, 11) is 0. The van der Waals surface area contributed by atoms with Crippen molar-refractivity contribution >= 4 is 0 Å². The molecule has 0 radical (unpaired) electrons. The fourth-order valence-corrected chi connectivity index (χ4v) is 3.93. The molecule has 22 heavy (non-hydrogen) atoms. The first-order chi connectivity index (χ1) is 10.3. The molecule has 6 aliphatic carbocycles. The normalized spacial score (nSPS) is 24.0. The summed E-state index contributed by atoms with van der Waals surface area (Å²) < 4.78 is 0. The first kappa shape index (κ1) is 16.0. The van der Waals surface area contributed by atoms with Gasteiger partial charge in [0.05, 0.1) is 0 Å². The van der Waals surface area contributed by atoms with Crippen LogP contribution in [0.15, 0.2) is 69.9 Å². The first-order valence-electron chi connectivity index (χ1n) is 8.47. The van der Waals surface area contributed by atoms with Crippen molar-refractivity contribution < 1.29 is 20.1 Å². The Kier molecular flexibility index (Phi) is 5.16. The van der Waals surface area contributed by atoms with Gasteiger partial charge in [-0.15, -0.1) is 0 Å². The SMILES string of the molecule is C1=C2CCC(=C1)C2.C1=C2CCC(=C1)C2.C1=C2CCC(=C1)C2.[Ir+3]. The minimum atomic E-state index is 0. The smallest absolute Gasteiger partial charge is 0.0658 e. The van der Waals surface area contributed by atoms with E-state index in [9.17, 15) is 0 Å². The molecule has 0 atom stereocenters. The molecule has 6 bridgehead atoms. The van der Waals surface area contributed by atoms with E-state index in [2.05, 4.69) is 36.5 Å². The van der Waals surface area contributed by atoms with Gasteiger partial charge >= 0.3 is 20.1 Å². The van der Waals surface area contributed by atoms with E-state index in [0.29, 0.717) is 0 Å². The van der Waals surface area contributed by atoms with Crippen LogP contribution in [0.5, 0.6) is 0 Å². The largest absolute Gasteiger partial charge is 3.00 e. The molecule has 0 nitrogen and oxygen atoms in total. The molecule has 3 saturated carbocycles. The molecule has 0 amide bonds. The number of fused-ring (bicyclic) bond motifs is 6. The van der Waals surface area contributed by atoms with Crippen LogP contribution < -0.4 is 0 Å². The fraction of sp³-hybridized carbons (Fsp3) is 0.429. The third-order valence-corrected chi connectivity index (χ3v) is 5.33. The molecule has 0 N–H and O–H groups in total. The van der Waals surface area contributed by atoms with E-state index < -0.39 is 0 Å². The van der Waals surface area contributed by atoms with Crippen molar-refractivity contribution in [3.63, 3.8) is 0 Å². The second kappa shape index (κ2) is 7.11. The van der Waals surface area contributed by atoms with Crippen molar-refractivity contribution in [3.05, 3.63) is 69.9 Å². The summed E-state index contributed by atoms with van der Waals surface area (Å²) in [6, 6.07) is 0. The summed E-state index contributed by atoms with van der Waals surface area (Å²) >= 11 is 0. The van der Waals surface area contributed by atoms with E-state index in [1.807, 2.05) is 0 Å². The van der Waals surface area contributed by atoms with E-state index in [1.165, 1.54) is 57.8 Å². The van der Waals surface area contributed by atoms with Crippen molar-refractivity contribution in [1.82, 2.24) is 0 Å². The number of hydrogen-bond acceptors (Lipinski definition) is 0. The standard InChI is InChI=1S/3C7H8.Ir/c3*1-2-7-4-3-6(1)5-7;/h3*1-2H,3-5H2;/q;;;+3. The molecular formula is C21H24Ir+3. The summed E-state index contributed by atoms with van der Waals surface area (Å²) in [4.78, 5) is 0. The van der Waals surface area contributed by atoms with Gasteiger partial charge in [-0.2, -0.15) is 0 Å². The van der Waals surface area contributed by atoms with Gasteiger partial charge in [-0.1, -0.05) is 69.9 Å². The average molecular weight is 469 g/mol. The van der Waals surface area contributed by atoms with Gasteiger partial charge in [-0.05, 0) is 57.8 Å². The van der Waals surface area contributed by atoms with Gasteiger partial charge in [0.2, 0.25) is 0 Å². The molecule has 0 aromatic heterocycles. The van der Waals surface area contributed by atoms with Crippen molar-refractivity contribution in [3.8, 4) is 0 Å². The van der Waals surface area contributed by atoms with Crippen LogP contribution in [-0.4, -0.2) is 0 Å². The predicted octanol–water partition coefficient (Wildman–Crippen LogP) is 6.11. The number of allylic oxidation sites excluding steroid dienone is 12. The first-order valence-corrected chi connectivity index (χ1v) is 8.47. The van der Waals surface area contributed by atoms with Crippen molar-refractivity contribution in [2.45, 2.75) is 57.8 Å². The molecule has 6 aliphatic rings. The summed E-state index contributed by atoms with van der Waals surface area (Å²) in [5.41, 5.74) is 9.89. The van der Waals surface area contributed by atoms with Crippen LogP contribution in [0.2, 0.25) is 0 Å². The van der Waals surface area contributed by atoms with Crippen LogP contribution >= 0.6 is 0 Å². The molecule has 0 heterocycles. The quantitative estimate of drug-likeness (QED) is 0.403. The molecule has 0 unspecified atom stereocenters. The van der Waals surface area contributed by atoms with Crippen LogP contribution in [0.4, 0.5) is 0 Å². The summed E-state index contributed by atoms with van der Waals surface area (Å²) in [6.45, 7) is 0. The average Bonchev–Trinajstić information content (AvgIpc) is 3.39. The van der Waals surface area contributed by atoms with Gasteiger partial charge in [-0.3, -0.25) is 0 Å². The zero-order valence-corrected chi connectivity index (χ0v) is 15.6. The Morgan fingerprint density at radius 1 is 0.364 bits per heavy atom. The maximum absolute atomic E-state index is 2.26. The molecular weight excluding hydrogens is 444 g/mol. The molecule has 0 aliphatic heterocycles. The monoisotopic (exact) mass is 469 g/mol. The van der Waals surface area contributed by atoms with Gasteiger partial charge in [0.15, 0.2) is 0 Å². The second-order valence-corrected chi connectivity index (χ2v) is 6.98. The molecule has 6 rings (SSSR count). The Hall–Kier alpha value is -0.911. The van der Waals surface area contributed by atoms with E-state index in [0.717, 1.165) is 0 Å². The van der Waals surface area contributed by atoms with Crippen LogP contribution in [0.1, 0.15) is 57.8 Å². The number of rotatable bonds is 0. The molecule has 0 spiro atoms. The van der Waals surface area contributed by atoms with E-state index in [-0.39, 0.29) is 20.1 Å². The molecule has 114 valence electrons. The van der Waals surface area contributed by atoms with Crippen molar-refractivity contribution in [1.29, 1.82) is 0 Å². The van der Waals surface area contributed by atoms with Crippen LogP contribution in [-0.2, 0) is 20.1 Å². The zero-order chi connectivity index (χ0) is 14.1. The van der Waals surface area contributed by atoms with Gasteiger partial charge in [0, 0.05) is 0 Å². The van der Waals surface area contributed by atoms with Crippen molar-refractivity contribution in [2.24, 2.45) is 0 Å². The minimum Gasteiger partial charge on any atom is -0.0658 e. The molecule has 1 heteroatoms. The van der Waals surface area contributed by atoms with Crippen LogP contribution in [0, 0.1) is 0 Å². The van der Waals surface area contributed by atoms with E-state index >= 15 is 0 Å². The van der Waals surface area contributed by atoms with Crippen LogP contribution in [0.25, 0.3) is 0 Å². The summed E-state index contributed by atoms with van der Waals surface area (Å²) in [5, 5.41) is 0. The Morgan fingerprint density at radius 3 is 0.591 bits per heavy atom. The van der Waals surface area contributed by atoms with E-state index in [4.69, 9.17) is 0 Å². The predicted molar refractivity (Wildman–Crippen MR) is 90.1 cm³/mol. The third-order valence-electron chi connectivity index (χ3n) is 5.33. The summed E-state index contributed by atoms with van der Waals surface area (Å²) in [6.07, 6.45) is 25.6. The van der Waals surface area contributed by atoms with Gasteiger partial charge in [0.25, 0.3) is 0 Å². The van der Waals surface area contributed by atoms with Gasteiger partial charge in [0.1, 0.15) is 0 Å². The third kappa shape index (κ3) is 3.70. The Bertz CT molecular complexity index is 490. The van der Waals surface area contributed by atoms with E-state index in [1.54, 1.807) is 33.4 Å². The van der Waals surface area contributed by atoms with Crippen LogP contribution in [0.3, 0.4) is 0 Å². The van der Waals surface area contributed by atoms with Gasteiger partial charge in [-0.25, -0.2) is 0 Å². The maximum Gasteiger partial charge on any atom is 3.00 e. The fourth-order valence-electron chi connectivity index (χ4n) is 3.93. The maximum atomic E-state index is 2.26. The molecule has 0 aromatic rings. The van der Waals surface area contributed by atoms with Gasteiger partial charge < -0.3 is 0 Å². The number of hydrogen-bond donors (Lipinski definition) is 0.